The summed E-state index contributed by atoms with van der Waals surface area (Å²) in [5, 5.41) is 8.04. The van der Waals surface area contributed by atoms with Crippen molar-refractivity contribution in [2.24, 2.45) is 11.7 Å². The zero-order chi connectivity index (χ0) is 12.8. The number of rotatable bonds is 6. The van der Waals surface area contributed by atoms with Gasteiger partial charge in [0, 0.05) is 5.02 Å². The van der Waals surface area contributed by atoms with Gasteiger partial charge in [0.25, 0.3) is 0 Å². The van der Waals surface area contributed by atoms with Crippen LogP contribution >= 0.6 is 11.6 Å². The third kappa shape index (κ3) is 4.27. The number of benzene rings is 1. The van der Waals surface area contributed by atoms with Crippen molar-refractivity contribution >= 4 is 17.4 Å². The molecule has 0 aliphatic heterocycles. The maximum absolute atomic E-state index is 7.48. The van der Waals surface area contributed by atoms with Crippen molar-refractivity contribution in [1.82, 2.24) is 0 Å². The van der Waals surface area contributed by atoms with E-state index in [1.165, 1.54) is 0 Å². The van der Waals surface area contributed by atoms with Crippen LogP contribution in [0.1, 0.15) is 32.3 Å². The summed E-state index contributed by atoms with van der Waals surface area (Å²) in [6, 6.07) is 5.16. The van der Waals surface area contributed by atoms with E-state index in [1.807, 2.05) is 0 Å². The number of amidine groups is 1. The van der Waals surface area contributed by atoms with Gasteiger partial charge >= 0.3 is 0 Å². The standard InChI is InChI=1S/C13H19ClN2O/c1-3-4-9(2)8-17-12-6-5-10(14)7-11(12)13(15)16/h5-7,9H,3-4,8H2,1-2H3,(H3,15,16). The lowest BCUT2D eigenvalue weighted by molar-refractivity contribution is 0.251. The predicted molar refractivity (Wildman–Crippen MR) is 72.0 cm³/mol. The molecule has 0 saturated heterocycles. The fraction of sp³-hybridized carbons (Fsp3) is 0.462. The zero-order valence-electron chi connectivity index (χ0n) is 10.3. The monoisotopic (exact) mass is 254 g/mol. The lowest BCUT2D eigenvalue weighted by Crippen LogP contribution is -2.15. The molecule has 0 aliphatic rings. The zero-order valence-corrected chi connectivity index (χ0v) is 11.1. The normalized spacial score (nSPS) is 12.2. The molecule has 17 heavy (non-hydrogen) atoms. The number of nitrogens with one attached hydrogen (secondary N) is 1. The lowest BCUT2D eigenvalue weighted by atomic mass is 10.1. The second-order valence-corrected chi connectivity index (χ2v) is 4.70. The summed E-state index contributed by atoms with van der Waals surface area (Å²) in [5.41, 5.74) is 6.05. The van der Waals surface area contributed by atoms with Crippen LogP contribution in [-0.4, -0.2) is 12.4 Å². The van der Waals surface area contributed by atoms with Gasteiger partial charge in [0.15, 0.2) is 0 Å². The first kappa shape index (κ1) is 13.8. The van der Waals surface area contributed by atoms with Crippen LogP contribution in [0, 0.1) is 11.3 Å². The molecule has 94 valence electrons. The van der Waals surface area contributed by atoms with Crippen molar-refractivity contribution in [2.45, 2.75) is 26.7 Å². The van der Waals surface area contributed by atoms with E-state index in [0.29, 0.717) is 28.9 Å². The van der Waals surface area contributed by atoms with E-state index < -0.39 is 0 Å². The molecular weight excluding hydrogens is 236 g/mol. The third-order valence-corrected chi connectivity index (χ3v) is 2.77. The second kappa shape index (κ2) is 6.50. The highest BCUT2D eigenvalue weighted by Crippen LogP contribution is 2.23. The maximum atomic E-state index is 7.48. The van der Waals surface area contributed by atoms with Crippen LogP contribution in [0.15, 0.2) is 18.2 Å². The van der Waals surface area contributed by atoms with Crippen molar-refractivity contribution in [2.75, 3.05) is 6.61 Å². The Morgan fingerprint density at radius 3 is 2.82 bits per heavy atom. The average Bonchev–Trinajstić information content (AvgIpc) is 2.27. The van der Waals surface area contributed by atoms with E-state index in [0.717, 1.165) is 12.8 Å². The minimum Gasteiger partial charge on any atom is -0.493 e. The number of hydrogen-bond donors (Lipinski definition) is 2. The fourth-order valence-corrected chi connectivity index (χ4v) is 1.82. The molecule has 0 aromatic heterocycles. The molecule has 0 aliphatic carbocycles. The van der Waals surface area contributed by atoms with E-state index in [2.05, 4.69) is 13.8 Å². The highest BCUT2D eigenvalue weighted by atomic mass is 35.5. The number of ether oxygens (including phenoxy) is 1. The quantitative estimate of drug-likeness (QED) is 0.604. The molecule has 3 nitrogen and oxygen atoms in total. The first-order chi connectivity index (χ1) is 8.04. The topological polar surface area (TPSA) is 59.1 Å². The summed E-state index contributed by atoms with van der Waals surface area (Å²) in [6.45, 7) is 4.93. The van der Waals surface area contributed by atoms with Gasteiger partial charge in [-0.2, -0.15) is 0 Å². The molecule has 1 unspecified atom stereocenters. The van der Waals surface area contributed by atoms with Crippen LogP contribution in [-0.2, 0) is 0 Å². The number of nitrogen functional groups attached to an aromatic ring is 1. The Morgan fingerprint density at radius 2 is 2.24 bits per heavy atom. The third-order valence-electron chi connectivity index (χ3n) is 2.54. The van der Waals surface area contributed by atoms with Crippen LogP contribution in [0.5, 0.6) is 5.75 Å². The molecule has 1 aromatic carbocycles. The fourth-order valence-electron chi connectivity index (χ4n) is 1.65. The van der Waals surface area contributed by atoms with Crippen molar-refractivity contribution in [3.8, 4) is 5.75 Å². The molecule has 1 atom stereocenters. The van der Waals surface area contributed by atoms with Gasteiger partial charge in [-0.25, -0.2) is 0 Å². The Bertz CT molecular complexity index is 393. The first-order valence-electron chi connectivity index (χ1n) is 5.81. The summed E-state index contributed by atoms with van der Waals surface area (Å²) in [5.74, 6) is 1.10. The number of nitrogens with two attached hydrogens (primary N) is 1. The molecule has 0 amide bonds. The second-order valence-electron chi connectivity index (χ2n) is 4.26. The molecule has 1 rings (SSSR count). The van der Waals surface area contributed by atoms with Gasteiger partial charge in [-0.05, 0) is 30.5 Å². The Balaban J connectivity index is 2.73. The molecule has 0 radical (unpaired) electrons. The van der Waals surface area contributed by atoms with Crippen LogP contribution < -0.4 is 10.5 Å². The van der Waals surface area contributed by atoms with Gasteiger partial charge in [-0.15, -0.1) is 0 Å². The SMILES string of the molecule is CCCC(C)COc1ccc(Cl)cc1C(=N)N. The molecule has 0 fully saturated rings. The summed E-state index contributed by atoms with van der Waals surface area (Å²) in [4.78, 5) is 0. The molecule has 3 N–H and O–H groups in total. The number of halogens is 1. The minimum absolute atomic E-state index is 0.0226. The summed E-state index contributed by atoms with van der Waals surface area (Å²) >= 11 is 5.87. The van der Waals surface area contributed by atoms with Gasteiger partial charge < -0.3 is 10.5 Å². The van der Waals surface area contributed by atoms with Crippen molar-refractivity contribution in [3.05, 3.63) is 28.8 Å². The Kier molecular flexibility index (Phi) is 5.29. The largest absolute Gasteiger partial charge is 0.493 e. The lowest BCUT2D eigenvalue weighted by Gasteiger charge is -2.14. The van der Waals surface area contributed by atoms with E-state index >= 15 is 0 Å². The van der Waals surface area contributed by atoms with Gasteiger partial charge in [0.05, 0.1) is 12.2 Å². The van der Waals surface area contributed by atoms with E-state index in [9.17, 15) is 0 Å². The Labute approximate surface area is 107 Å². The molecule has 1 aromatic rings. The predicted octanol–water partition coefficient (Wildman–Crippen LogP) is 3.44. The van der Waals surface area contributed by atoms with E-state index in [-0.39, 0.29) is 5.84 Å². The smallest absolute Gasteiger partial charge is 0.130 e. The highest BCUT2D eigenvalue weighted by Gasteiger charge is 2.09. The van der Waals surface area contributed by atoms with Crippen LogP contribution in [0.2, 0.25) is 5.02 Å². The first-order valence-corrected chi connectivity index (χ1v) is 6.19. The molecule has 0 bridgehead atoms. The van der Waals surface area contributed by atoms with Crippen molar-refractivity contribution in [1.29, 1.82) is 5.41 Å². The van der Waals surface area contributed by atoms with E-state index in [1.54, 1.807) is 18.2 Å². The van der Waals surface area contributed by atoms with Crippen molar-refractivity contribution in [3.63, 3.8) is 0 Å². The summed E-state index contributed by atoms with van der Waals surface area (Å²) in [7, 11) is 0. The minimum atomic E-state index is -0.0226. The van der Waals surface area contributed by atoms with Crippen LogP contribution in [0.25, 0.3) is 0 Å². The van der Waals surface area contributed by atoms with Crippen LogP contribution in [0.4, 0.5) is 0 Å². The molecule has 0 spiro atoms. The summed E-state index contributed by atoms with van der Waals surface area (Å²) < 4.78 is 5.69. The van der Waals surface area contributed by atoms with Gasteiger partial charge in [0.2, 0.25) is 0 Å². The molecule has 0 saturated carbocycles. The maximum Gasteiger partial charge on any atom is 0.130 e. The summed E-state index contributed by atoms with van der Waals surface area (Å²) in [6.07, 6.45) is 2.27. The average molecular weight is 255 g/mol. The Morgan fingerprint density at radius 1 is 1.53 bits per heavy atom. The molecule has 0 heterocycles. The van der Waals surface area contributed by atoms with Crippen molar-refractivity contribution < 1.29 is 4.74 Å². The van der Waals surface area contributed by atoms with Gasteiger partial charge in [-0.3, -0.25) is 5.41 Å². The van der Waals surface area contributed by atoms with Gasteiger partial charge in [0.1, 0.15) is 11.6 Å². The molecule has 4 heteroatoms. The van der Waals surface area contributed by atoms with Crippen LogP contribution in [0.3, 0.4) is 0 Å². The van der Waals surface area contributed by atoms with E-state index in [4.69, 9.17) is 27.5 Å². The number of hydrogen-bond acceptors (Lipinski definition) is 2. The Hall–Kier alpha value is -1.22. The van der Waals surface area contributed by atoms with Gasteiger partial charge in [-0.1, -0.05) is 31.9 Å². The molecular formula is C13H19ClN2O. The highest BCUT2D eigenvalue weighted by molar-refractivity contribution is 6.31.